The highest BCUT2D eigenvalue weighted by Gasteiger charge is 2.29. The molecule has 24 heavy (non-hydrogen) atoms. The minimum atomic E-state index is -0.219. The Kier molecular flexibility index (Phi) is 5.85. The predicted octanol–water partition coefficient (Wildman–Crippen LogP) is 2.56. The zero-order valence-corrected chi connectivity index (χ0v) is 14.5. The third-order valence-corrected chi connectivity index (χ3v) is 5.44. The molecule has 0 radical (unpaired) electrons. The minimum absolute atomic E-state index is 0.0538. The van der Waals surface area contributed by atoms with Crippen molar-refractivity contribution in [2.45, 2.75) is 44.2 Å². The molecule has 1 aromatic rings. The van der Waals surface area contributed by atoms with E-state index in [-0.39, 0.29) is 17.8 Å². The topological polar surface area (TPSA) is 35.6 Å². The number of halogens is 1. The van der Waals surface area contributed by atoms with Crippen LogP contribution < -0.4 is 5.32 Å². The van der Waals surface area contributed by atoms with Crippen molar-refractivity contribution in [2.24, 2.45) is 0 Å². The van der Waals surface area contributed by atoms with Gasteiger partial charge in [-0.3, -0.25) is 9.69 Å². The Balaban J connectivity index is 1.66. The summed E-state index contributed by atoms with van der Waals surface area (Å²) in [4.78, 5) is 16.9. The van der Waals surface area contributed by atoms with Crippen LogP contribution in [-0.4, -0.2) is 55.0 Å². The summed E-state index contributed by atoms with van der Waals surface area (Å²) in [7, 11) is 1.94. The zero-order valence-electron chi connectivity index (χ0n) is 14.5. The maximum Gasteiger partial charge on any atom is 0.236 e. The van der Waals surface area contributed by atoms with E-state index in [1.54, 1.807) is 12.1 Å². The number of hydrogen-bond donors (Lipinski definition) is 1. The smallest absolute Gasteiger partial charge is 0.236 e. The molecule has 1 saturated carbocycles. The Hall–Kier alpha value is -1.46. The molecule has 1 unspecified atom stereocenters. The van der Waals surface area contributed by atoms with Gasteiger partial charge in [-0.25, -0.2) is 4.39 Å². The standard InChI is InChI=1S/C19H28FN3O/c1-22(17-8-3-2-4-9-17)19(24)14-23-11-10-21-13-18(23)15-6-5-7-16(20)12-15/h5-7,12,17-18,21H,2-4,8-11,13-14H2,1H3. The number of carbonyl (C=O) groups excluding carboxylic acids is 1. The molecule has 1 aromatic carbocycles. The SMILES string of the molecule is CN(C(=O)CN1CCNCC1c1cccc(F)c1)C1CCCCC1. The van der Waals surface area contributed by atoms with Gasteiger partial charge in [0.2, 0.25) is 5.91 Å². The molecule has 1 aliphatic heterocycles. The van der Waals surface area contributed by atoms with E-state index in [1.807, 2.05) is 18.0 Å². The van der Waals surface area contributed by atoms with E-state index < -0.39 is 0 Å². The van der Waals surface area contributed by atoms with Crippen LogP contribution in [-0.2, 0) is 4.79 Å². The van der Waals surface area contributed by atoms with Crippen molar-refractivity contribution < 1.29 is 9.18 Å². The summed E-state index contributed by atoms with van der Waals surface area (Å²) in [5.41, 5.74) is 0.940. The molecule has 4 nitrogen and oxygen atoms in total. The Morgan fingerprint density at radius 1 is 1.33 bits per heavy atom. The van der Waals surface area contributed by atoms with Gasteiger partial charge in [-0.15, -0.1) is 0 Å². The van der Waals surface area contributed by atoms with Crippen LogP contribution in [0.25, 0.3) is 0 Å². The molecule has 3 rings (SSSR count). The van der Waals surface area contributed by atoms with Gasteiger partial charge in [0.1, 0.15) is 5.82 Å². The highest BCUT2D eigenvalue weighted by atomic mass is 19.1. The van der Waals surface area contributed by atoms with Gasteiger partial charge in [0.15, 0.2) is 0 Å². The van der Waals surface area contributed by atoms with E-state index in [4.69, 9.17) is 0 Å². The molecule has 1 atom stereocenters. The molecule has 1 N–H and O–H groups in total. The van der Waals surface area contributed by atoms with Gasteiger partial charge in [-0.2, -0.15) is 0 Å². The lowest BCUT2D eigenvalue weighted by Gasteiger charge is -2.38. The van der Waals surface area contributed by atoms with Crippen LogP contribution in [0.5, 0.6) is 0 Å². The van der Waals surface area contributed by atoms with Crippen molar-refractivity contribution in [3.05, 3.63) is 35.6 Å². The van der Waals surface area contributed by atoms with Crippen molar-refractivity contribution in [1.29, 1.82) is 0 Å². The third kappa shape index (κ3) is 4.14. The fraction of sp³-hybridized carbons (Fsp3) is 0.632. The van der Waals surface area contributed by atoms with E-state index in [0.29, 0.717) is 12.6 Å². The van der Waals surface area contributed by atoms with Crippen LogP contribution >= 0.6 is 0 Å². The summed E-state index contributed by atoms with van der Waals surface area (Å²) in [6.45, 7) is 2.84. The monoisotopic (exact) mass is 333 g/mol. The molecule has 0 spiro atoms. The number of rotatable bonds is 4. The Labute approximate surface area is 144 Å². The summed E-state index contributed by atoms with van der Waals surface area (Å²) in [5, 5.41) is 3.36. The van der Waals surface area contributed by atoms with E-state index in [2.05, 4.69) is 10.2 Å². The second kappa shape index (κ2) is 8.08. The van der Waals surface area contributed by atoms with Crippen LogP contribution in [0, 0.1) is 5.82 Å². The van der Waals surface area contributed by atoms with Crippen molar-refractivity contribution in [1.82, 2.24) is 15.1 Å². The van der Waals surface area contributed by atoms with Crippen molar-refractivity contribution in [2.75, 3.05) is 33.2 Å². The Morgan fingerprint density at radius 3 is 2.88 bits per heavy atom. The molecule has 0 aromatic heterocycles. The second-order valence-corrected chi connectivity index (χ2v) is 7.04. The maximum absolute atomic E-state index is 13.6. The number of likely N-dealkylation sites (N-methyl/N-ethyl adjacent to an activating group) is 1. The van der Waals surface area contributed by atoms with Crippen LogP contribution in [0.4, 0.5) is 4.39 Å². The number of amides is 1. The van der Waals surface area contributed by atoms with Gasteiger partial charge >= 0.3 is 0 Å². The molecule has 0 bridgehead atoms. The normalized spacial score (nSPS) is 23.2. The first kappa shape index (κ1) is 17.4. The largest absolute Gasteiger partial charge is 0.342 e. The number of carbonyl (C=O) groups is 1. The lowest BCUT2D eigenvalue weighted by molar-refractivity contribution is -0.134. The summed E-state index contributed by atoms with van der Waals surface area (Å²) >= 11 is 0. The first-order valence-corrected chi connectivity index (χ1v) is 9.11. The quantitative estimate of drug-likeness (QED) is 0.920. The Morgan fingerprint density at radius 2 is 2.12 bits per heavy atom. The molecule has 132 valence electrons. The van der Waals surface area contributed by atoms with Crippen LogP contribution in [0.15, 0.2) is 24.3 Å². The second-order valence-electron chi connectivity index (χ2n) is 7.04. The van der Waals surface area contributed by atoms with Gasteiger partial charge in [0, 0.05) is 38.8 Å². The average Bonchev–Trinajstić information content (AvgIpc) is 2.62. The van der Waals surface area contributed by atoms with Crippen molar-refractivity contribution in [3.8, 4) is 0 Å². The molecule has 1 heterocycles. The lowest BCUT2D eigenvalue weighted by Crippen LogP contribution is -2.51. The molecular formula is C19H28FN3O. The van der Waals surface area contributed by atoms with Crippen molar-refractivity contribution in [3.63, 3.8) is 0 Å². The third-order valence-electron chi connectivity index (χ3n) is 5.44. The number of nitrogens with zero attached hydrogens (tertiary/aromatic N) is 2. The molecular weight excluding hydrogens is 305 g/mol. The fourth-order valence-electron chi connectivity index (χ4n) is 3.94. The minimum Gasteiger partial charge on any atom is -0.342 e. The maximum atomic E-state index is 13.6. The van der Waals surface area contributed by atoms with Crippen molar-refractivity contribution >= 4 is 5.91 Å². The van der Waals surface area contributed by atoms with Crippen LogP contribution in [0.1, 0.15) is 43.7 Å². The summed E-state index contributed by atoms with van der Waals surface area (Å²) < 4.78 is 13.6. The summed E-state index contributed by atoms with van der Waals surface area (Å²) in [6, 6.07) is 7.18. The van der Waals surface area contributed by atoms with E-state index in [9.17, 15) is 9.18 Å². The molecule has 1 amide bonds. The molecule has 2 fully saturated rings. The predicted molar refractivity (Wildman–Crippen MR) is 93.2 cm³/mol. The molecule has 1 saturated heterocycles. The van der Waals surface area contributed by atoms with E-state index in [1.165, 1.54) is 25.3 Å². The summed E-state index contributed by atoms with van der Waals surface area (Å²) in [6.07, 6.45) is 5.98. The highest BCUT2D eigenvalue weighted by Crippen LogP contribution is 2.25. The van der Waals surface area contributed by atoms with Gasteiger partial charge in [0.25, 0.3) is 0 Å². The molecule has 2 aliphatic rings. The van der Waals surface area contributed by atoms with Crippen LogP contribution in [0.3, 0.4) is 0 Å². The van der Waals surface area contributed by atoms with Crippen LogP contribution in [0.2, 0.25) is 0 Å². The number of piperazine rings is 1. The van der Waals surface area contributed by atoms with Gasteiger partial charge in [0.05, 0.1) is 6.54 Å². The summed E-state index contributed by atoms with van der Waals surface area (Å²) in [5.74, 6) is -0.0334. The number of hydrogen-bond acceptors (Lipinski definition) is 3. The lowest BCUT2D eigenvalue weighted by atomic mass is 9.94. The Bertz CT molecular complexity index is 559. The van der Waals surface area contributed by atoms with Gasteiger partial charge < -0.3 is 10.2 Å². The van der Waals surface area contributed by atoms with E-state index in [0.717, 1.165) is 38.0 Å². The number of benzene rings is 1. The van der Waals surface area contributed by atoms with E-state index >= 15 is 0 Å². The van der Waals surface area contributed by atoms with Gasteiger partial charge in [-0.05, 0) is 30.5 Å². The average molecular weight is 333 g/mol. The zero-order chi connectivity index (χ0) is 16.9. The van der Waals surface area contributed by atoms with Gasteiger partial charge in [-0.1, -0.05) is 31.4 Å². The fourth-order valence-corrected chi connectivity index (χ4v) is 3.94. The highest BCUT2D eigenvalue weighted by molar-refractivity contribution is 5.78. The molecule has 1 aliphatic carbocycles. The molecule has 5 heteroatoms. The first-order valence-electron chi connectivity index (χ1n) is 9.11. The first-order chi connectivity index (χ1) is 11.6. The number of nitrogens with one attached hydrogen (secondary N) is 1.